The van der Waals surface area contributed by atoms with Crippen molar-refractivity contribution in [1.82, 2.24) is 0 Å². The van der Waals surface area contributed by atoms with Crippen molar-refractivity contribution < 1.29 is 13.2 Å². The number of alkyl halides is 3. The summed E-state index contributed by atoms with van der Waals surface area (Å²) < 4.78 is 39.0. The van der Waals surface area contributed by atoms with E-state index in [2.05, 4.69) is 4.85 Å². The fraction of sp³-hybridized carbons (Fsp3) is 0.0625. The van der Waals surface area contributed by atoms with Crippen molar-refractivity contribution in [2.24, 2.45) is 0 Å². The van der Waals surface area contributed by atoms with Crippen molar-refractivity contribution in [3.05, 3.63) is 62.8 Å². The zero-order chi connectivity index (χ0) is 16.1. The summed E-state index contributed by atoms with van der Waals surface area (Å²) in [6.45, 7) is 6.96. The van der Waals surface area contributed by atoms with E-state index in [1.54, 1.807) is 6.07 Å². The molecular formula is C16H5F3N2O. The minimum atomic E-state index is -4.58. The Bertz CT molecular complexity index is 1090. The topological polar surface area (TPSA) is 45.2 Å². The van der Waals surface area contributed by atoms with Crippen molar-refractivity contribution in [2.45, 2.75) is 6.18 Å². The van der Waals surface area contributed by atoms with Crippen LogP contribution in [0.2, 0.25) is 0 Å². The van der Waals surface area contributed by atoms with Gasteiger partial charge in [0, 0.05) is 10.6 Å². The molecule has 0 aliphatic heterocycles. The molecule has 3 aromatic carbocycles. The van der Waals surface area contributed by atoms with Crippen LogP contribution in [0.25, 0.3) is 32.1 Å². The first-order valence-electron chi connectivity index (χ1n) is 6.09. The van der Waals surface area contributed by atoms with Gasteiger partial charge in [-0.05, 0) is 28.3 Å². The molecule has 3 rings (SSSR count). The third kappa shape index (κ3) is 1.78. The van der Waals surface area contributed by atoms with Gasteiger partial charge < -0.3 is 0 Å². The molecule has 0 heterocycles. The summed E-state index contributed by atoms with van der Waals surface area (Å²) in [7, 11) is 0. The molecule has 3 nitrogen and oxygen atoms in total. The number of hydrogen-bond donors (Lipinski definition) is 0. The summed E-state index contributed by atoms with van der Waals surface area (Å²) in [5.74, 6) is 0. The largest absolute Gasteiger partial charge is 0.416 e. The zero-order valence-electron chi connectivity index (χ0n) is 10.8. The first kappa shape index (κ1) is 13.8. The van der Waals surface area contributed by atoms with Crippen molar-refractivity contribution in [1.29, 1.82) is 5.26 Å². The number of nitrogens with zero attached hydrogens (tertiary/aromatic N) is 2. The van der Waals surface area contributed by atoms with Crippen LogP contribution in [0, 0.1) is 17.9 Å². The van der Waals surface area contributed by atoms with Gasteiger partial charge in [-0.2, -0.15) is 13.2 Å². The standard InChI is InChI=1S/C16H5F3N2O/c1-21-12(7-20)14-11-6-9(16(17,18)19)5-8-3-2-4-10(13(8)11)15(14)22/h2-6H/b14-12-. The predicted molar refractivity (Wildman–Crippen MR) is 74.8 cm³/mol. The van der Waals surface area contributed by atoms with Gasteiger partial charge >= 0.3 is 6.18 Å². The Morgan fingerprint density at radius 2 is 1.95 bits per heavy atom. The van der Waals surface area contributed by atoms with Gasteiger partial charge in [0.1, 0.15) is 0 Å². The summed E-state index contributed by atoms with van der Waals surface area (Å²) in [4.78, 5) is 15.3. The summed E-state index contributed by atoms with van der Waals surface area (Å²) >= 11 is 0. The molecule has 0 aliphatic carbocycles. The molecule has 0 saturated heterocycles. The highest BCUT2D eigenvalue weighted by molar-refractivity contribution is 6.13. The maximum atomic E-state index is 13.0. The van der Waals surface area contributed by atoms with Crippen LogP contribution in [-0.4, -0.2) is 0 Å². The Morgan fingerprint density at radius 3 is 2.55 bits per heavy atom. The van der Waals surface area contributed by atoms with Crippen molar-refractivity contribution >= 4 is 27.2 Å². The highest BCUT2D eigenvalue weighted by atomic mass is 19.4. The van der Waals surface area contributed by atoms with E-state index >= 15 is 0 Å². The summed E-state index contributed by atoms with van der Waals surface area (Å²) in [6, 6.07) is 7.80. The smallest absolute Gasteiger partial charge is 0.290 e. The van der Waals surface area contributed by atoms with Crippen LogP contribution in [0.15, 0.2) is 35.1 Å². The summed E-state index contributed by atoms with van der Waals surface area (Å²) in [5.41, 5.74) is -2.00. The van der Waals surface area contributed by atoms with Gasteiger partial charge in [0.05, 0.1) is 18.2 Å². The van der Waals surface area contributed by atoms with Crippen LogP contribution in [0.5, 0.6) is 0 Å². The molecule has 0 unspecified atom stereocenters. The van der Waals surface area contributed by atoms with Gasteiger partial charge in [-0.1, -0.05) is 18.2 Å². The van der Waals surface area contributed by atoms with Gasteiger partial charge in [0.25, 0.3) is 5.70 Å². The highest BCUT2D eigenvalue weighted by Gasteiger charge is 2.31. The lowest BCUT2D eigenvalue weighted by Crippen LogP contribution is -2.21. The number of hydrogen-bond acceptors (Lipinski definition) is 2. The minimum absolute atomic E-state index is 0.00188. The number of nitriles is 1. The van der Waals surface area contributed by atoms with E-state index in [4.69, 9.17) is 11.8 Å². The second-order valence-corrected chi connectivity index (χ2v) is 4.70. The Balaban J connectivity index is 2.72. The molecule has 0 saturated carbocycles. The summed E-state index contributed by atoms with van der Waals surface area (Å²) in [5, 5.41) is 9.54. The Morgan fingerprint density at radius 1 is 1.23 bits per heavy atom. The lowest BCUT2D eigenvalue weighted by atomic mass is 10.0. The molecule has 22 heavy (non-hydrogen) atoms. The van der Waals surface area contributed by atoms with Crippen LogP contribution >= 0.6 is 0 Å². The van der Waals surface area contributed by atoms with Crippen LogP contribution < -0.4 is 10.6 Å². The fourth-order valence-corrected chi connectivity index (χ4v) is 2.61. The highest BCUT2D eigenvalue weighted by Crippen LogP contribution is 2.34. The van der Waals surface area contributed by atoms with Gasteiger partial charge in [-0.3, -0.25) is 4.79 Å². The second kappa shape index (κ2) is 4.44. The molecule has 0 radical (unpaired) electrons. The van der Waals surface area contributed by atoms with E-state index in [0.29, 0.717) is 5.39 Å². The fourth-order valence-electron chi connectivity index (χ4n) is 2.61. The zero-order valence-corrected chi connectivity index (χ0v) is 10.8. The lowest BCUT2D eigenvalue weighted by Gasteiger charge is -2.08. The first-order valence-corrected chi connectivity index (χ1v) is 6.09. The van der Waals surface area contributed by atoms with Crippen molar-refractivity contribution in [3.63, 3.8) is 0 Å². The third-order valence-corrected chi connectivity index (χ3v) is 3.50. The SMILES string of the molecule is [C-]#[N+]/C(C#N)=c1\c(=O)c2cccc3cc(C(F)(F)F)cc1c32. The molecule has 3 aromatic rings. The molecule has 0 N–H and O–H groups in total. The van der Waals surface area contributed by atoms with E-state index in [-0.39, 0.29) is 21.4 Å². The monoisotopic (exact) mass is 298 g/mol. The van der Waals surface area contributed by atoms with E-state index in [0.717, 1.165) is 12.1 Å². The van der Waals surface area contributed by atoms with Gasteiger partial charge in [0.2, 0.25) is 0 Å². The second-order valence-electron chi connectivity index (χ2n) is 4.70. The van der Waals surface area contributed by atoms with E-state index in [1.165, 1.54) is 18.2 Å². The molecule has 0 aromatic heterocycles. The molecule has 106 valence electrons. The van der Waals surface area contributed by atoms with E-state index < -0.39 is 22.9 Å². The average molecular weight is 298 g/mol. The van der Waals surface area contributed by atoms with Crippen LogP contribution in [0.3, 0.4) is 0 Å². The van der Waals surface area contributed by atoms with Crippen LogP contribution in [0.4, 0.5) is 13.2 Å². The number of rotatable bonds is 0. The van der Waals surface area contributed by atoms with Crippen molar-refractivity contribution in [3.8, 4) is 6.07 Å². The lowest BCUT2D eigenvalue weighted by molar-refractivity contribution is -0.137. The molecule has 0 atom stereocenters. The predicted octanol–water partition coefficient (Wildman–Crippen LogP) is 3.08. The molecule has 0 aliphatic rings. The van der Waals surface area contributed by atoms with E-state index in [9.17, 15) is 18.0 Å². The van der Waals surface area contributed by atoms with Gasteiger partial charge in [0.15, 0.2) is 5.43 Å². The molecule has 0 bridgehead atoms. The van der Waals surface area contributed by atoms with Crippen LogP contribution in [0.1, 0.15) is 5.56 Å². The normalized spacial score (nSPS) is 13.1. The first-order chi connectivity index (χ1) is 10.4. The molecule has 0 amide bonds. The number of benzene rings is 2. The summed E-state index contributed by atoms with van der Waals surface area (Å²) in [6.07, 6.45) is -4.58. The van der Waals surface area contributed by atoms with Gasteiger partial charge in [-0.25, -0.2) is 10.1 Å². The molecule has 0 spiro atoms. The minimum Gasteiger partial charge on any atom is -0.290 e. The van der Waals surface area contributed by atoms with Crippen LogP contribution in [-0.2, 0) is 6.18 Å². The molecule has 0 fully saturated rings. The maximum absolute atomic E-state index is 13.0. The quantitative estimate of drug-likeness (QED) is 0.599. The van der Waals surface area contributed by atoms with Gasteiger partial charge in [-0.15, -0.1) is 0 Å². The van der Waals surface area contributed by atoms with E-state index in [1.807, 2.05) is 0 Å². The Hall–Kier alpha value is -3.12. The average Bonchev–Trinajstić information content (AvgIpc) is 2.76. The molecular weight excluding hydrogens is 293 g/mol. The van der Waals surface area contributed by atoms with Crippen molar-refractivity contribution in [2.75, 3.05) is 0 Å². The Kier molecular flexibility index (Phi) is 2.79. The molecule has 6 heteroatoms. The third-order valence-electron chi connectivity index (χ3n) is 3.50. The maximum Gasteiger partial charge on any atom is 0.416 e. The number of halogens is 3. The Labute approximate surface area is 121 Å².